The standard InChI is InChI=1S/C32H38N6O5S/c1-20-6-8-22(14-24(20)21-7-9-23(33-16-21)17-37-10-12-43-13-11-37)34-31(42)35-29-25(15-26(44-29)32(2,3)4)30(41)38-18-27(39)36(5)28(40)19-38/h6-9,14-16H,10-13,17-19H2,1-5H3,(H2,34,35,42). The van der Waals surface area contributed by atoms with Gasteiger partial charge in [-0.25, -0.2) is 4.79 Å². The second-order valence-electron chi connectivity index (χ2n) is 12.1. The molecule has 12 heteroatoms. The number of aryl methyl sites for hydroxylation is 1. The number of carbonyl (C=O) groups excluding carboxylic acids is 4. The van der Waals surface area contributed by atoms with E-state index in [9.17, 15) is 19.2 Å². The fourth-order valence-corrected chi connectivity index (χ4v) is 6.10. The number of benzene rings is 1. The van der Waals surface area contributed by atoms with Crippen LogP contribution in [-0.2, 0) is 26.3 Å². The zero-order valence-electron chi connectivity index (χ0n) is 25.7. The molecule has 2 aromatic heterocycles. The van der Waals surface area contributed by atoms with Crippen molar-refractivity contribution in [3.05, 3.63) is 64.3 Å². The fourth-order valence-electron chi connectivity index (χ4n) is 5.00. The van der Waals surface area contributed by atoms with Gasteiger partial charge in [0.25, 0.3) is 5.91 Å². The number of amides is 5. The number of imide groups is 1. The summed E-state index contributed by atoms with van der Waals surface area (Å²) in [6.45, 7) is 11.7. The molecule has 2 saturated heterocycles. The molecule has 4 heterocycles. The maximum absolute atomic E-state index is 13.5. The van der Waals surface area contributed by atoms with Gasteiger partial charge in [0.05, 0.1) is 24.5 Å². The van der Waals surface area contributed by atoms with Crippen molar-refractivity contribution in [1.82, 2.24) is 19.7 Å². The molecule has 2 aliphatic heterocycles. The number of hydrogen-bond donors (Lipinski definition) is 2. The minimum atomic E-state index is -0.513. The lowest BCUT2D eigenvalue weighted by molar-refractivity contribution is -0.148. The van der Waals surface area contributed by atoms with E-state index in [0.717, 1.165) is 65.0 Å². The van der Waals surface area contributed by atoms with Crippen LogP contribution in [0.4, 0.5) is 15.5 Å². The quantitative estimate of drug-likeness (QED) is 0.394. The molecule has 0 radical (unpaired) electrons. The first-order chi connectivity index (χ1) is 20.9. The number of anilines is 2. The third kappa shape index (κ3) is 7.15. The number of thiophene rings is 1. The highest BCUT2D eigenvalue weighted by molar-refractivity contribution is 7.16. The normalized spacial score (nSPS) is 16.3. The maximum Gasteiger partial charge on any atom is 0.324 e. The van der Waals surface area contributed by atoms with Crippen molar-refractivity contribution in [2.24, 2.45) is 0 Å². The molecule has 2 fully saturated rings. The van der Waals surface area contributed by atoms with E-state index in [0.29, 0.717) is 10.7 Å². The summed E-state index contributed by atoms with van der Waals surface area (Å²) in [5.74, 6) is -1.39. The Hall–Kier alpha value is -4.13. The summed E-state index contributed by atoms with van der Waals surface area (Å²) in [5, 5.41) is 6.07. The number of rotatable bonds is 6. The summed E-state index contributed by atoms with van der Waals surface area (Å²) in [6.07, 6.45) is 1.85. The Kier molecular flexibility index (Phi) is 9.14. The number of ether oxygens (including phenoxy) is 1. The van der Waals surface area contributed by atoms with E-state index in [1.54, 1.807) is 6.07 Å². The average Bonchev–Trinajstić information content (AvgIpc) is 3.41. The van der Waals surface area contributed by atoms with Gasteiger partial charge in [-0.2, -0.15) is 0 Å². The smallest absolute Gasteiger partial charge is 0.324 e. The van der Waals surface area contributed by atoms with Crippen molar-refractivity contribution in [3.8, 4) is 11.1 Å². The molecule has 1 aromatic carbocycles. The molecule has 0 spiro atoms. The van der Waals surface area contributed by atoms with Gasteiger partial charge < -0.3 is 15.0 Å². The van der Waals surface area contributed by atoms with Gasteiger partial charge in [-0.05, 0) is 47.7 Å². The van der Waals surface area contributed by atoms with Gasteiger partial charge in [0.1, 0.15) is 18.1 Å². The summed E-state index contributed by atoms with van der Waals surface area (Å²) in [7, 11) is 1.40. The topological polar surface area (TPSA) is 124 Å². The van der Waals surface area contributed by atoms with Crippen LogP contribution in [0, 0.1) is 6.92 Å². The minimum Gasteiger partial charge on any atom is -0.379 e. The van der Waals surface area contributed by atoms with E-state index in [4.69, 9.17) is 4.74 Å². The van der Waals surface area contributed by atoms with Crippen LogP contribution in [0.3, 0.4) is 0 Å². The second-order valence-corrected chi connectivity index (χ2v) is 13.2. The molecule has 232 valence electrons. The molecule has 0 saturated carbocycles. The van der Waals surface area contributed by atoms with Gasteiger partial charge >= 0.3 is 6.03 Å². The lowest BCUT2D eigenvalue weighted by Crippen LogP contribution is -2.54. The summed E-state index contributed by atoms with van der Waals surface area (Å²) >= 11 is 1.30. The van der Waals surface area contributed by atoms with E-state index in [1.807, 2.05) is 64.2 Å². The SMILES string of the molecule is Cc1ccc(NC(=O)Nc2sc(C(C)(C)C)cc2C(=O)N2CC(=O)N(C)C(=O)C2)cc1-c1ccc(CN2CCOCC2)nc1. The Morgan fingerprint density at radius 3 is 2.34 bits per heavy atom. The first kappa shape index (κ1) is 31.3. The van der Waals surface area contributed by atoms with Crippen LogP contribution in [0.2, 0.25) is 0 Å². The van der Waals surface area contributed by atoms with E-state index < -0.39 is 23.8 Å². The van der Waals surface area contributed by atoms with Crippen molar-refractivity contribution in [2.75, 3.05) is 57.1 Å². The number of likely N-dealkylation sites (N-methyl/N-ethyl adjacent to an activating group) is 1. The van der Waals surface area contributed by atoms with Gasteiger partial charge in [0.15, 0.2) is 0 Å². The third-order valence-electron chi connectivity index (χ3n) is 7.74. The molecular formula is C32H38N6O5S. The minimum absolute atomic E-state index is 0.206. The molecule has 2 aliphatic rings. The summed E-state index contributed by atoms with van der Waals surface area (Å²) in [4.78, 5) is 61.4. The molecule has 5 amide bonds. The average molecular weight is 619 g/mol. The molecule has 11 nitrogen and oxygen atoms in total. The largest absolute Gasteiger partial charge is 0.379 e. The van der Waals surface area contributed by atoms with Crippen LogP contribution in [-0.4, -0.2) is 89.9 Å². The number of piperazine rings is 1. The number of nitrogens with zero attached hydrogens (tertiary/aromatic N) is 4. The van der Waals surface area contributed by atoms with Crippen LogP contribution in [0.25, 0.3) is 11.1 Å². The summed E-state index contributed by atoms with van der Waals surface area (Å²) in [5.41, 5.74) is 4.44. The number of hydrogen-bond acceptors (Lipinski definition) is 8. The van der Waals surface area contributed by atoms with Crippen molar-refractivity contribution in [3.63, 3.8) is 0 Å². The van der Waals surface area contributed by atoms with Crippen LogP contribution in [0.15, 0.2) is 42.6 Å². The highest BCUT2D eigenvalue weighted by Crippen LogP contribution is 2.37. The molecular weight excluding hydrogens is 580 g/mol. The van der Waals surface area contributed by atoms with Crippen molar-refractivity contribution in [1.29, 1.82) is 0 Å². The molecule has 0 bridgehead atoms. The van der Waals surface area contributed by atoms with Gasteiger partial charge in [-0.1, -0.05) is 32.9 Å². The number of carbonyl (C=O) groups is 4. The van der Waals surface area contributed by atoms with Gasteiger partial charge in [0.2, 0.25) is 11.8 Å². The zero-order chi connectivity index (χ0) is 31.6. The molecule has 0 unspecified atom stereocenters. The predicted molar refractivity (Wildman–Crippen MR) is 170 cm³/mol. The zero-order valence-corrected chi connectivity index (χ0v) is 26.5. The molecule has 0 atom stereocenters. The van der Waals surface area contributed by atoms with Crippen LogP contribution >= 0.6 is 11.3 Å². The highest BCUT2D eigenvalue weighted by atomic mass is 32.1. The lowest BCUT2D eigenvalue weighted by Gasteiger charge is -2.30. The van der Waals surface area contributed by atoms with Crippen LogP contribution in [0.5, 0.6) is 0 Å². The number of morpholine rings is 1. The summed E-state index contributed by atoms with van der Waals surface area (Å²) in [6, 6.07) is 10.9. The van der Waals surface area contributed by atoms with Crippen LogP contribution in [0.1, 0.15) is 47.3 Å². The Balaban J connectivity index is 1.31. The van der Waals surface area contributed by atoms with E-state index in [-0.39, 0.29) is 24.1 Å². The first-order valence-electron chi connectivity index (χ1n) is 14.6. The van der Waals surface area contributed by atoms with E-state index in [1.165, 1.54) is 23.3 Å². The van der Waals surface area contributed by atoms with Crippen molar-refractivity contribution < 1.29 is 23.9 Å². The van der Waals surface area contributed by atoms with Crippen molar-refractivity contribution >= 4 is 45.8 Å². The van der Waals surface area contributed by atoms with Gasteiger partial charge in [-0.15, -0.1) is 11.3 Å². The second kappa shape index (κ2) is 12.8. The maximum atomic E-state index is 13.5. The number of nitrogens with one attached hydrogen (secondary N) is 2. The Labute approximate surface area is 261 Å². The predicted octanol–water partition coefficient (Wildman–Crippen LogP) is 4.33. The molecule has 2 N–H and O–H groups in total. The Morgan fingerprint density at radius 1 is 1.00 bits per heavy atom. The molecule has 3 aromatic rings. The molecule has 44 heavy (non-hydrogen) atoms. The lowest BCUT2D eigenvalue weighted by atomic mass is 9.94. The molecule has 5 rings (SSSR count). The highest BCUT2D eigenvalue weighted by Gasteiger charge is 2.34. The van der Waals surface area contributed by atoms with Gasteiger partial charge in [-0.3, -0.25) is 34.5 Å². The number of urea groups is 1. The molecule has 0 aliphatic carbocycles. The number of pyridine rings is 1. The fraction of sp³-hybridized carbons (Fsp3) is 0.406. The number of aromatic nitrogens is 1. The van der Waals surface area contributed by atoms with Crippen molar-refractivity contribution in [2.45, 2.75) is 39.7 Å². The third-order valence-corrected chi connectivity index (χ3v) is 9.21. The van der Waals surface area contributed by atoms with Crippen LogP contribution < -0.4 is 10.6 Å². The monoisotopic (exact) mass is 618 g/mol. The first-order valence-corrected chi connectivity index (χ1v) is 15.4. The van der Waals surface area contributed by atoms with Gasteiger partial charge in [0, 0.05) is 49.0 Å². The van der Waals surface area contributed by atoms with E-state index in [2.05, 4.69) is 20.5 Å². The summed E-state index contributed by atoms with van der Waals surface area (Å²) < 4.78 is 5.43. The Morgan fingerprint density at radius 2 is 1.70 bits per heavy atom. The Bertz CT molecular complexity index is 1550. The van der Waals surface area contributed by atoms with E-state index >= 15 is 0 Å².